The first-order valence-electron chi connectivity index (χ1n) is 8.32. The minimum atomic E-state index is 0.597. The van der Waals surface area contributed by atoms with Crippen LogP contribution >= 0.6 is 0 Å². The summed E-state index contributed by atoms with van der Waals surface area (Å²) in [5.41, 5.74) is 5.23. The first-order valence-corrected chi connectivity index (χ1v) is 8.32. The normalized spacial score (nSPS) is 18.7. The number of likely N-dealkylation sites (tertiary alicyclic amines) is 1. The van der Waals surface area contributed by atoms with E-state index in [1.807, 2.05) is 0 Å². The zero-order valence-corrected chi connectivity index (χ0v) is 13.6. The highest BCUT2D eigenvalue weighted by Crippen LogP contribution is 2.33. The fourth-order valence-corrected chi connectivity index (χ4v) is 3.78. The second-order valence-electron chi connectivity index (χ2n) is 6.75. The van der Waals surface area contributed by atoms with Crippen LogP contribution in [0.1, 0.15) is 29.0 Å². The molecule has 2 N–H and O–H groups in total. The molecule has 1 fully saturated rings. The average molecular weight is 305 g/mol. The number of hydrogen-bond donors (Lipinski definition) is 1. The van der Waals surface area contributed by atoms with Gasteiger partial charge in [0, 0.05) is 18.1 Å². The SMILES string of the molecule is CN1CCC(c2cn(N)c3ccc(Cc4ccccc4)cc23)C1. The fourth-order valence-electron chi connectivity index (χ4n) is 3.78. The van der Waals surface area contributed by atoms with Gasteiger partial charge in [-0.1, -0.05) is 36.4 Å². The Kier molecular flexibility index (Phi) is 3.58. The molecule has 3 nitrogen and oxygen atoms in total. The van der Waals surface area contributed by atoms with Crippen LogP contribution < -0.4 is 5.84 Å². The number of nitrogens with two attached hydrogens (primary N) is 1. The first kappa shape index (κ1) is 14.3. The summed E-state index contributed by atoms with van der Waals surface area (Å²) in [4.78, 5) is 2.40. The molecule has 1 aliphatic rings. The number of benzene rings is 2. The van der Waals surface area contributed by atoms with Crippen molar-refractivity contribution in [3.63, 3.8) is 0 Å². The van der Waals surface area contributed by atoms with E-state index in [-0.39, 0.29) is 0 Å². The lowest BCUT2D eigenvalue weighted by atomic mass is 9.96. The maximum Gasteiger partial charge on any atom is 0.0693 e. The minimum absolute atomic E-state index is 0.597. The Hall–Kier alpha value is -2.26. The zero-order valence-electron chi connectivity index (χ0n) is 13.6. The quantitative estimate of drug-likeness (QED) is 0.753. The third kappa shape index (κ3) is 2.73. The van der Waals surface area contributed by atoms with E-state index in [0.29, 0.717) is 5.92 Å². The molecule has 3 aromatic rings. The second kappa shape index (κ2) is 5.74. The van der Waals surface area contributed by atoms with Gasteiger partial charge in [-0.25, -0.2) is 0 Å². The molecule has 0 aliphatic carbocycles. The molecule has 118 valence electrons. The van der Waals surface area contributed by atoms with Crippen LogP contribution in [0.3, 0.4) is 0 Å². The summed E-state index contributed by atoms with van der Waals surface area (Å²) in [6.07, 6.45) is 4.32. The van der Waals surface area contributed by atoms with Gasteiger partial charge in [0.05, 0.1) is 5.52 Å². The molecule has 4 rings (SSSR count). The lowest BCUT2D eigenvalue weighted by molar-refractivity contribution is 0.412. The van der Waals surface area contributed by atoms with Crippen LogP contribution in [0.4, 0.5) is 0 Å². The maximum absolute atomic E-state index is 6.18. The molecular formula is C20H23N3. The van der Waals surface area contributed by atoms with E-state index in [2.05, 4.69) is 66.7 Å². The molecule has 1 atom stereocenters. The molecule has 0 spiro atoms. The number of nitrogens with zero attached hydrogens (tertiary/aromatic N) is 2. The molecule has 2 aromatic carbocycles. The molecule has 3 heteroatoms. The minimum Gasteiger partial charge on any atom is -0.339 e. The number of aromatic nitrogens is 1. The van der Waals surface area contributed by atoms with Gasteiger partial charge in [-0.3, -0.25) is 4.68 Å². The van der Waals surface area contributed by atoms with Gasteiger partial charge in [0.2, 0.25) is 0 Å². The van der Waals surface area contributed by atoms with Crippen molar-refractivity contribution in [3.05, 3.63) is 71.4 Å². The largest absolute Gasteiger partial charge is 0.339 e. The summed E-state index contributed by atoms with van der Waals surface area (Å²) in [5, 5.41) is 1.32. The van der Waals surface area contributed by atoms with Crippen molar-refractivity contribution in [2.24, 2.45) is 0 Å². The molecule has 0 amide bonds. The highest BCUT2D eigenvalue weighted by molar-refractivity contribution is 5.85. The van der Waals surface area contributed by atoms with Crippen LogP contribution in [0, 0.1) is 0 Å². The molecule has 0 bridgehead atoms. The Morgan fingerprint density at radius 3 is 2.65 bits per heavy atom. The molecule has 2 heterocycles. The van der Waals surface area contributed by atoms with Gasteiger partial charge >= 0.3 is 0 Å². The zero-order chi connectivity index (χ0) is 15.8. The summed E-state index contributed by atoms with van der Waals surface area (Å²) in [7, 11) is 2.20. The molecular weight excluding hydrogens is 282 g/mol. The Morgan fingerprint density at radius 2 is 1.91 bits per heavy atom. The van der Waals surface area contributed by atoms with Crippen LogP contribution in [0.25, 0.3) is 10.9 Å². The van der Waals surface area contributed by atoms with Crippen molar-refractivity contribution in [1.29, 1.82) is 0 Å². The van der Waals surface area contributed by atoms with Gasteiger partial charge in [0.25, 0.3) is 0 Å². The van der Waals surface area contributed by atoms with E-state index in [1.165, 1.54) is 35.0 Å². The fraction of sp³-hybridized carbons (Fsp3) is 0.300. The Labute approximate surface area is 137 Å². The van der Waals surface area contributed by atoms with Crippen LogP contribution in [0.15, 0.2) is 54.7 Å². The summed E-state index contributed by atoms with van der Waals surface area (Å²) in [6, 6.07) is 17.3. The number of hydrogen-bond acceptors (Lipinski definition) is 2. The third-order valence-electron chi connectivity index (χ3n) is 5.01. The Balaban J connectivity index is 1.72. The maximum atomic E-state index is 6.18. The number of rotatable bonds is 3. The van der Waals surface area contributed by atoms with Crippen LogP contribution in [-0.2, 0) is 6.42 Å². The van der Waals surface area contributed by atoms with E-state index < -0.39 is 0 Å². The van der Waals surface area contributed by atoms with Crippen LogP contribution in [-0.4, -0.2) is 29.7 Å². The predicted molar refractivity (Wildman–Crippen MR) is 96.2 cm³/mol. The van der Waals surface area contributed by atoms with Gasteiger partial charge in [-0.15, -0.1) is 0 Å². The third-order valence-corrected chi connectivity index (χ3v) is 5.01. The summed E-state index contributed by atoms with van der Waals surface area (Å²) in [5.74, 6) is 6.78. The van der Waals surface area contributed by atoms with E-state index in [1.54, 1.807) is 4.68 Å². The lowest BCUT2D eigenvalue weighted by Crippen LogP contribution is -2.13. The molecule has 0 radical (unpaired) electrons. The van der Waals surface area contributed by atoms with Gasteiger partial charge in [-0.2, -0.15) is 0 Å². The van der Waals surface area contributed by atoms with Gasteiger partial charge in [-0.05, 0) is 61.2 Å². The van der Waals surface area contributed by atoms with Crippen molar-refractivity contribution < 1.29 is 0 Å². The highest BCUT2D eigenvalue weighted by atomic mass is 15.3. The predicted octanol–water partition coefficient (Wildman–Crippen LogP) is 3.37. The summed E-state index contributed by atoms with van der Waals surface area (Å²) < 4.78 is 1.79. The molecule has 0 saturated carbocycles. The second-order valence-corrected chi connectivity index (χ2v) is 6.75. The van der Waals surface area contributed by atoms with Gasteiger partial charge in [0.15, 0.2) is 0 Å². The molecule has 23 heavy (non-hydrogen) atoms. The van der Waals surface area contributed by atoms with Crippen molar-refractivity contribution in [3.8, 4) is 0 Å². The molecule has 1 unspecified atom stereocenters. The molecule has 1 aliphatic heterocycles. The highest BCUT2D eigenvalue weighted by Gasteiger charge is 2.24. The monoisotopic (exact) mass is 305 g/mol. The standard InChI is InChI=1S/C20H23N3/c1-22-10-9-17(13-22)19-14-23(21)20-8-7-16(12-18(19)20)11-15-5-3-2-4-6-15/h2-8,12,14,17H,9-11,13,21H2,1H3. The smallest absolute Gasteiger partial charge is 0.0693 e. The van der Waals surface area contributed by atoms with Gasteiger partial charge in [0.1, 0.15) is 0 Å². The van der Waals surface area contributed by atoms with E-state index in [4.69, 9.17) is 5.84 Å². The number of likely N-dealkylation sites (N-methyl/N-ethyl adjacent to an activating group) is 1. The van der Waals surface area contributed by atoms with E-state index in [0.717, 1.165) is 18.5 Å². The summed E-state index contributed by atoms with van der Waals surface area (Å²) in [6.45, 7) is 2.30. The molecule has 1 aromatic heterocycles. The molecule has 1 saturated heterocycles. The topological polar surface area (TPSA) is 34.2 Å². The van der Waals surface area contributed by atoms with Crippen molar-refractivity contribution >= 4 is 10.9 Å². The first-order chi connectivity index (χ1) is 11.2. The van der Waals surface area contributed by atoms with Crippen LogP contribution in [0.5, 0.6) is 0 Å². The van der Waals surface area contributed by atoms with Crippen molar-refractivity contribution in [1.82, 2.24) is 9.58 Å². The summed E-state index contributed by atoms with van der Waals surface area (Å²) >= 11 is 0. The van der Waals surface area contributed by atoms with E-state index >= 15 is 0 Å². The number of nitrogen functional groups attached to an aromatic ring is 1. The van der Waals surface area contributed by atoms with Crippen molar-refractivity contribution in [2.45, 2.75) is 18.8 Å². The Morgan fingerprint density at radius 1 is 1.09 bits per heavy atom. The van der Waals surface area contributed by atoms with Crippen molar-refractivity contribution in [2.75, 3.05) is 26.0 Å². The van der Waals surface area contributed by atoms with Crippen LogP contribution in [0.2, 0.25) is 0 Å². The average Bonchev–Trinajstić information content (AvgIpc) is 3.12. The number of fused-ring (bicyclic) bond motifs is 1. The van der Waals surface area contributed by atoms with E-state index in [9.17, 15) is 0 Å². The Bertz CT molecular complexity index is 820. The van der Waals surface area contributed by atoms with Gasteiger partial charge < -0.3 is 10.7 Å². The lowest BCUT2D eigenvalue weighted by Gasteiger charge is -2.10.